The van der Waals surface area contributed by atoms with Crippen LogP contribution in [0.3, 0.4) is 0 Å². The minimum atomic E-state index is -3.95. The van der Waals surface area contributed by atoms with Crippen LogP contribution in [-0.4, -0.2) is 38.3 Å². The molecular weight excluding hydrogens is 471 g/mol. The molecule has 1 N–H and O–H groups in total. The zero-order valence-electron chi connectivity index (χ0n) is 15.2. The van der Waals surface area contributed by atoms with Gasteiger partial charge in [0.2, 0.25) is 5.91 Å². The number of methoxy groups -OCH3 is 1. The molecule has 0 spiro atoms. The summed E-state index contributed by atoms with van der Waals surface area (Å²) < 4.78 is 47.7. The Kier molecular flexibility index (Phi) is 6.74. The fourth-order valence-electron chi connectivity index (χ4n) is 3.10. The third-order valence-corrected chi connectivity index (χ3v) is 8.47. The van der Waals surface area contributed by atoms with Crippen LogP contribution in [0.25, 0.3) is 0 Å². The molecule has 1 atom stereocenters. The highest BCUT2D eigenvalue weighted by molar-refractivity contribution is 9.11. The van der Waals surface area contributed by atoms with Crippen molar-refractivity contribution in [3.63, 3.8) is 0 Å². The molecule has 1 saturated heterocycles. The van der Waals surface area contributed by atoms with Gasteiger partial charge in [-0.25, -0.2) is 12.8 Å². The molecule has 152 valence electrons. The number of nitrogens with zero attached hydrogens (tertiary/aromatic N) is 1. The van der Waals surface area contributed by atoms with Crippen molar-refractivity contribution in [2.45, 2.75) is 36.1 Å². The molecule has 2 aromatic rings. The summed E-state index contributed by atoms with van der Waals surface area (Å²) in [4.78, 5) is 12.6. The van der Waals surface area contributed by atoms with E-state index in [1.54, 1.807) is 12.1 Å². The number of ether oxygens (including phenoxy) is 1. The molecule has 10 heteroatoms. The van der Waals surface area contributed by atoms with E-state index in [1.807, 2.05) is 0 Å². The number of carbonyl (C=O) groups is 1. The van der Waals surface area contributed by atoms with Crippen LogP contribution in [-0.2, 0) is 21.4 Å². The van der Waals surface area contributed by atoms with Gasteiger partial charge in [0.15, 0.2) is 11.6 Å². The predicted octanol–water partition coefficient (Wildman–Crippen LogP) is 3.52. The standard InChI is InChI=1S/C18H20BrFN2O4S2/c1-26-15-6-5-12(10-13(15)20)11-22(14-4-2-3-9-21-18(14)23)28(24,25)17-8-7-16(19)27-17/h5-8,10,14H,2-4,9,11H2,1H3,(H,21,23). The zero-order chi connectivity index (χ0) is 20.3. The second-order valence-corrected chi connectivity index (χ2v) is 11.0. The van der Waals surface area contributed by atoms with Crippen molar-refractivity contribution in [3.05, 3.63) is 45.5 Å². The van der Waals surface area contributed by atoms with E-state index in [9.17, 15) is 17.6 Å². The molecule has 6 nitrogen and oxygen atoms in total. The number of thiophene rings is 1. The maximum Gasteiger partial charge on any atom is 0.253 e. The molecule has 2 heterocycles. The van der Waals surface area contributed by atoms with Gasteiger partial charge in [-0.3, -0.25) is 4.79 Å². The Morgan fingerprint density at radius 2 is 2.11 bits per heavy atom. The SMILES string of the molecule is COc1ccc(CN(C2CCCCNC2=O)S(=O)(=O)c2ccc(Br)s2)cc1F. The van der Waals surface area contributed by atoms with Gasteiger partial charge in [0.05, 0.1) is 10.9 Å². The van der Waals surface area contributed by atoms with Gasteiger partial charge in [-0.2, -0.15) is 4.31 Å². The lowest BCUT2D eigenvalue weighted by Gasteiger charge is -2.28. The summed E-state index contributed by atoms with van der Waals surface area (Å²) in [6.07, 6.45) is 1.93. The third kappa shape index (κ3) is 4.56. The van der Waals surface area contributed by atoms with Gasteiger partial charge < -0.3 is 10.1 Å². The maximum absolute atomic E-state index is 14.1. The summed E-state index contributed by atoms with van der Waals surface area (Å²) >= 11 is 4.35. The normalized spacial score (nSPS) is 18.0. The second kappa shape index (κ2) is 8.89. The third-order valence-electron chi connectivity index (χ3n) is 4.52. The van der Waals surface area contributed by atoms with Crippen LogP contribution in [0.2, 0.25) is 0 Å². The lowest BCUT2D eigenvalue weighted by atomic mass is 10.1. The first-order chi connectivity index (χ1) is 13.3. The topological polar surface area (TPSA) is 75.7 Å². The van der Waals surface area contributed by atoms with E-state index in [0.29, 0.717) is 22.3 Å². The summed E-state index contributed by atoms with van der Waals surface area (Å²) in [6.45, 7) is 0.405. The first-order valence-corrected chi connectivity index (χ1v) is 11.7. The largest absolute Gasteiger partial charge is 0.494 e. The molecule has 1 aliphatic heterocycles. The maximum atomic E-state index is 14.1. The highest BCUT2D eigenvalue weighted by atomic mass is 79.9. The van der Waals surface area contributed by atoms with Crippen LogP contribution < -0.4 is 10.1 Å². The molecular formula is C18H20BrFN2O4S2. The Bertz CT molecular complexity index is 964. The molecule has 1 fully saturated rings. The van der Waals surface area contributed by atoms with Crippen LogP contribution in [0, 0.1) is 5.82 Å². The van der Waals surface area contributed by atoms with Gasteiger partial charge in [0.1, 0.15) is 10.3 Å². The molecule has 1 aromatic heterocycles. The number of nitrogens with one attached hydrogen (secondary N) is 1. The van der Waals surface area contributed by atoms with E-state index in [4.69, 9.17) is 4.74 Å². The van der Waals surface area contributed by atoms with E-state index in [-0.39, 0.29) is 22.4 Å². The number of amides is 1. The first-order valence-electron chi connectivity index (χ1n) is 8.70. The number of benzene rings is 1. The van der Waals surface area contributed by atoms with Crippen molar-refractivity contribution in [2.75, 3.05) is 13.7 Å². The number of rotatable bonds is 6. The molecule has 3 rings (SSSR count). The molecule has 1 aliphatic rings. The van der Waals surface area contributed by atoms with Gasteiger partial charge in [-0.15, -0.1) is 11.3 Å². The smallest absolute Gasteiger partial charge is 0.253 e. The molecule has 28 heavy (non-hydrogen) atoms. The van der Waals surface area contributed by atoms with Crippen molar-refractivity contribution >= 4 is 43.2 Å². The van der Waals surface area contributed by atoms with Crippen LogP contribution in [0.5, 0.6) is 5.75 Å². The van der Waals surface area contributed by atoms with Crippen LogP contribution in [0.1, 0.15) is 24.8 Å². The second-order valence-electron chi connectivity index (χ2n) is 6.38. The van der Waals surface area contributed by atoms with Crippen molar-refractivity contribution in [2.24, 2.45) is 0 Å². The molecule has 0 saturated carbocycles. The van der Waals surface area contributed by atoms with Crippen LogP contribution in [0.4, 0.5) is 4.39 Å². The van der Waals surface area contributed by atoms with Crippen LogP contribution >= 0.6 is 27.3 Å². The molecule has 0 radical (unpaired) electrons. The average molecular weight is 491 g/mol. The Labute approximate surface area is 175 Å². The van der Waals surface area contributed by atoms with Gasteiger partial charge in [-0.05, 0) is 65.0 Å². The minimum absolute atomic E-state index is 0.0764. The lowest BCUT2D eigenvalue weighted by molar-refractivity contribution is -0.124. The summed E-state index contributed by atoms with van der Waals surface area (Å²) in [6, 6.07) is 6.59. The van der Waals surface area contributed by atoms with Crippen molar-refractivity contribution in [1.82, 2.24) is 9.62 Å². The van der Waals surface area contributed by atoms with Gasteiger partial charge >= 0.3 is 0 Å². The number of hydrogen-bond acceptors (Lipinski definition) is 5. The zero-order valence-corrected chi connectivity index (χ0v) is 18.4. The molecule has 1 aromatic carbocycles. The summed E-state index contributed by atoms with van der Waals surface area (Å²) in [5, 5.41) is 2.77. The van der Waals surface area contributed by atoms with E-state index < -0.39 is 21.9 Å². The monoisotopic (exact) mass is 490 g/mol. The summed E-state index contributed by atoms with van der Waals surface area (Å²) in [5.41, 5.74) is 0.439. The Hall–Kier alpha value is -1.49. The molecule has 0 aliphatic carbocycles. The number of sulfonamides is 1. The Morgan fingerprint density at radius 3 is 2.75 bits per heavy atom. The van der Waals surface area contributed by atoms with Crippen molar-refractivity contribution in [3.8, 4) is 5.75 Å². The molecule has 0 bridgehead atoms. The van der Waals surface area contributed by atoms with E-state index in [0.717, 1.165) is 24.2 Å². The fourth-order valence-corrected chi connectivity index (χ4v) is 6.85. The van der Waals surface area contributed by atoms with Crippen molar-refractivity contribution < 1.29 is 22.3 Å². The summed E-state index contributed by atoms with van der Waals surface area (Å²) in [5.74, 6) is -0.834. The molecule has 1 amide bonds. The first kappa shape index (κ1) is 21.2. The fraction of sp³-hybridized carbons (Fsp3) is 0.389. The summed E-state index contributed by atoms with van der Waals surface area (Å²) in [7, 11) is -2.59. The Morgan fingerprint density at radius 1 is 1.32 bits per heavy atom. The minimum Gasteiger partial charge on any atom is -0.494 e. The number of hydrogen-bond donors (Lipinski definition) is 1. The van der Waals surface area contributed by atoms with Gasteiger partial charge in [0, 0.05) is 13.1 Å². The lowest BCUT2D eigenvalue weighted by Crippen LogP contribution is -2.48. The highest BCUT2D eigenvalue weighted by Gasteiger charge is 2.37. The predicted molar refractivity (Wildman–Crippen MR) is 108 cm³/mol. The van der Waals surface area contributed by atoms with Crippen molar-refractivity contribution in [1.29, 1.82) is 0 Å². The van der Waals surface area contributed by atoms with Gasteiger partial charge in [-0.1, -0.05) is 6.07 Å². The average Bonchev–Trinajstić information content (AvgIpc) is 2.99. The number of halogens is 2. The highest BCUT2D eigenvalue weighted by Crippen LogP contribution is 2.32. The van der Waals surface area contributed by atoms with E-state index in [2.05, 4.69) is 21.2 Å². The van der Waals surface area contributed by atoms with Gasteiger partial charge in [0.25, 0.3) is 10.0 Å². The Balaban J connectivity index is 2.01. The van der Waals surface area contributed by atoms with E-state index in [1.165, 1.54) is 29.6 Å². The van der Waals surface area contributed by atoms with E-state index >= 15 is 0 Å². The molecule has 1 unspecified atom stereocenters. The number of carbonyl (C=O) groups excluding carboxylic acids is 1. The van der Waals surface area contributed by atoms with Crippen LogP contribution in [0.15, 0.2) is 38.3 Å². The quantitative estimate of drug-likeness (QED) is 0.671.